The van der Waals surface area contributed by atoms with E-state index in [1.165, 1.54) is 11.6 Å². The first-order valence-electron chi connectivity index (χ1n) is 11.8. The molecule has 1 spiro atoms. The van der Waals surface area contributed by atoms with Crippen molar-refractivity contribution in [2.45, 2.75) is 69.5 Å². The molecule has 0 aromatic heterocycles. The summed E-state index contributed by atoms with van der Waals surface area (Å²) in [5.41, 5.74) is 1.48. The molecule has 1 aromatic carbocycles. The minimum Gasteiger partial charge on any atom is -0.493 e. The molecule has 1 saturated carbocycles. The molecular formula is C27H36O7. The zero-order valence-electron chi connectivity index (χ0n) is 21.0. The Labute approximate surface area is 202 Å². The number of ether oxygens (including phenoxy) is 6. The molecule has 2 aliphatic heterocycles. The standard InChI is InChI=1S/C27H36O7/c1-17(2)7-11-22-26(3,34-22)25-24(31-6)20(13-14-27(25)16-32-27)33-23(28)12-9-18-8-10-19(29-4)21(15-18)30-5/h7-10,12,15,20,22,24-25H,11,13-14,16H2,1-6H3/b12-9+/t20-,22+,24-,25-,26-,27+/m1/s1. The van der Waals surface area contributed by atoms with Crippen molar-refractivity contribution >= 4 is 12.0 Å². The SMILES string of the molecule is COc1ccc(/C=C/C(=O)O[C@@H]2CC[C@]3(CO3)[C@@H]([C@]3(C)O[C@H]3CC=C(C)C)[C@@H]2OC)cc1OC. The molecule has 186 valence electrons. The molecule has 0 amide bonds. The van der Waals surface area contributed by atoms with E-state index >= 15 is 0 Å². The minimum absolute atomic E-state index is 0.00180. The highest BCUT2D eigenvalue weighted by molar-refractivity contribution is 5.87. The number of epoxide rings is 2. The highest BCUT2D eigenvalue weighted by Gasteiger charge is 2.72. The molecule has 6 atom stereocenters. The Morgan fingerprint density at radius 3 is 2.53 bits per heavy atom. The lowest BCUT2D eigenvalue weighted by atomic mass is 9.68. The maximum atomic E-state index is 12.7. The highest BCUT2D eigenvalue weighted by atomic mass is 16.6. The second-order valence-corrected chi connectivity index (χ2v) is 9.80. The van der Waals surface area contributed by atoms with Gasteiger partial charge in [-0.1, -0.05) is 17.7 Å². The van der Waals surface area contributed by atoms with Gasteiger partial charge in [0, 0.05) is 13.2 Å². The van der Waals surface area contributed by atoms with Crippen molar-refractivity contribution in [3.63, 3.8) is 0 Å². The molecule has 0 N–H and O–H groups in total. The van der Waals surface area contributed by atoms with Gasteiger partial charge >= 0.3 is 5.97 Å². The summed E-state index contributed by atoms with van der Waals surface area (Å²) < 4.78 is 34.6. The molecule has 0 radical (unpaired) electrons. The second-order valence-electron chi connectivity index (χ2n) is 9.80. The Bertz CT molecular complexity index is 960. The smallest absolute Gasteiger partial charge is 0.331 e. The second kappa shape index (κ2) is 9.72. The fraction of sp³-hybridized carbons (Fsp3) is 0.593. The fourth-order valence-corrected chi connectivity index (χ4v) is 5.38. The van der Waals surface area contributed by atoms with Gasteiger partial charge in [-0.2, -0.15) is 0 Å². The number of rotatable bonds is 9. The van der Waals surface area contributed by atoms with Crippen molar-refractivity contribution in [2.24, 2.45) is 5.92 Å². The molecular weight excluding hydrogens is 436 g/mol. The molecule has 7 nitrogen and oxygen atoms in total. The number of esters is 1. The molecule has 0 bridgehead atoms. The van der Waals surface area contributed by atoms with Gasteiger partial charge in [0.2, 0.25) is 0 Å². The van der Waals surface area contributed by atoms with Crippen LogP contribution < -0.4 is 9.47 Å². The van der Waals surface area contributed by atoms with Crippen LogP contribution in [-0.2, 0) is 23.7 Å². The van der Waals surface area contributed by atoms with Gasteiger partial charge in [0.25, 0.3) is 0 Å². The summed E-state index contributed by atoms with van der Waals surface area (Å²) in [7, 11) is 4.84. The van der Waals surface area contributed by atoms with E-state index in [9.17, 15) is 4.79 Å². The molecule has 1 aromatic rings. The molecule has 3 aliphatic rings. The Morgan fingerprint density at radius 2 is 1.91 bits per heavy atom. The van der Waals surface area contributed by atoms with Crippen molar-refractivity contribution in [3.05, 3.63) is 41.5 Å². The quantitative estimate of drug-likeness (QED) is 0.229. The third-order valence-electron chi connectivity index (χ3n) is 7.32. The predicted molar refractivity (Wildman–Crippen MR) is 128 cm³/mol. The van der Waals surface area contributed by atoms with E-state index in [4.69, 9.17) is 28.4 Å². The summed E-state index contributed by atoms with van der Waals surface area (Å²) in [5, 5.41) is 0. The third-order valence-corrected chi connectivity index (χ3v) is 7.32. The molecule has 2 heterocycles. The first-order chi connectivity index (χ1) is 16.3. The molecule has 0 unspecified atom stereocenters. The molecule has 2 saturated heterocycles. The zero-order valence-corrected chi connectivity index (χ0v) is 21.0. The Balaban J connectivity index is 1.45. The first kappa shape index (κ1) is 24.8. The lowest BCUT2D eigenvalue weighted by Crippen LogP contribution is -2.55. The summed E-state index contributed by atoms with van der Waals surface area (Å²) in [5.74, 6) is 0.828. The van der Waals surface area contributed by atoms with E-state index in [1.54, 1.807) is 33.5 Å². The molecule has 7 heteroatoms. The number of carbonyl (C=O) groups is 1. The lowest BCUT2D eigenvalue weighted by Gasteiger charge is -2.42. The van der Waals surface area contributed by atoms with Crippen LogP contribution >= 0.6 is 0 Å². The van der Waals surface area contributed by atoms with Gasteiger partial charge < -0.3 is 28.4 Å². The summed E-state index contributed by atoms with van der Waals surface area (Å²) in [4.78, 5) is 12.7. The fourth-order valence-electron chi connectivity index (χ4n) is 5.38. The highest BCUT2D eigenvalue weighted by Crippen LogP contribution is 2.59. The van der Waals surface area contributed by atoms with E-state index in [2.05, 4.69) is 26.8 Å². The summed E-state index contributed by atoms with van der Waals surface area (Å²) >= 11 is 0. The molecule has 3 fully saturated rings. The first-order valence-corrected chi connectivity index (χ1v) is 11.8. The van der Waals surface area contributed by atoms with Gasteiger partial charge in [-0.15, -0.1) is 0 Å². The van der Waals surface area contributed by atoms with Crippen molar-refractivity contribution in [1.82, 2.24) is 0 Å². The Hall–Kier alpha value is -2.35. The normalized spacial score (nSPS) is 34.1. The van der Waals surface area contributed by atoms with Gasteiger partial charge in [0.05, 0.1) is 32.8 Å². The largest absolute Gasteiger partial charge is 0.493 e. The van der Waals surface area contributed by atoms with Gasteiger partial charge in [-0.05, 0) is 63.8 Å². The van der Waals surface area contributed by atoms with Crippen LogP contribution in [0.2, 0.25) is 0 Å². The molecule has 4 rings (SSSR count). The van der Waals surface area contributed by atoms with Gasteiger partial charge in [-0.3, -0.25) is 0 Å². The minimum atomic E-state index is -0.406. The summed E-state index contributed by atoms with van der Waals surface area (Å²) in [6.45, 7) is 7.02. The third kappa shape index (κ3) is 4.88. The van der Waals surface area contributed by atoms with Crippen LogP contribution in [0.4, 0.5) is 0 Å². The van der Waals surface area contributed by atoms with Crippen LogP contribution in [0.3, 0.4) is 0 Å². The number of allylic oxidation sites excluding steroid dienone is 1. The number of benzene rings is 1. The predicted octanol–water partition coefficient (Wildman–Crippen LogP) is 4.34. The Morgan fingerprint density at radius 1 is 1.18 bits per heavy atom. The number of methoxy groups -OCH3 is 3. The van der Waals surface area contributed by atoms with Crippen molar-refractivity contribution in [3.8, 4) is 11.5 Å². The average molecular weight is 473 g/mol. The Kier molecular flexibility index (Phi) is 7.08. The molecule has 34 heavy (non-hydrogen) atoms. The van der Waals surface area contributed by atoms with E-state index < -0.39 is 5.97 Å². The summed E-state index contributed by atoms with van der Waals surface area (Å²) in [6.07, 6.45) is 7.19. The van der Waals surface area contributed by atoms with Crippen molar-refractivity contribution < 1.29 is 33.2 Å². The number of hydrogen-bond acceptors (Lipinski definition) is 7. The summed E-state index contributed by atoms with van der Waals surface area (Å²) in [6, 6.07) is 5.46. The van der Waals surface area contributed by atoms with Crippen LogP contribution in [0.25, 0.3) is 6.08 Å². The van der Waals surface area contributed by atoms with Gasteiger partial charge in [-0.25, -0.2) is 4.79 Å². The van der Waals surface area contributed by atoms with Crippen LogP contribution in [0, 0.1) is 5.92 Å². The topological polar surface area (TPSA) is 79.1 Å². The molecule has 1 aliphatic carbocycles. The zero-order chi connectivity index (χ0) is 24.5. The maximum Gasteiger partial charge on any atom is 0.331 e. The van der Waals surface area contributed by atoms with E-state index in [0.717, 1.165) is 18.4 Å². The van der Waals surface area contributed by atoms with Crippen LogP contribution in [-0.4, -0.2) is 63.4 Å². The monoisotopic (exact) mass is 472 g/mol. The number of carbonyl (C=O) groups excluding carboxylic acids is 1. The average Bonchev–Trinajstić information content (AvgIpc) is 3.74. The van der Waals surface area contributed by atoms with Crippen LogP contribution in [0.15, 0.2) is 35.9 Å². The van der Waals surface area contributed by atoms with E-state index in [-0.39, 0.29) is 35.4 Å². The number of hydrogen-bond donors (Lipinski definition) is 0. The van der Waals surface area contributed by atoms with Gasteiger partial charge in [0.15, 0.2) is 11.5 Å². The van der Waals surface area contributed by atoms with Crippen LogP contribution in [0.1, 0.15) is 45.6 Å². The van der Waals surface area contributed by atoms with Crippen molar-refractivity contribution in [2.75, 3.05) is 27.9 Å². The maximum absolute atomic E-state index is 12.7. The van der Waals surface area contributed by atoms with E-state index in [0.29, 0.717) is 24.5 Å². The van der Waals surface area contributed by atoms with Crippen molar-refractivity contribution in [1.29, 1.82) is 0 Å². The van der Waals surface area contributed by atoms with Crippen LogP contribution in [0.5, 0.6) is 11.5 Å². The van der Waals surface area contributed by atoms with Gasteiger partial charge in [0.1, 0.15) is 23.4 Å². The van der Waals surface area contributed by atoms with E-state index in [1.807, 2.05) is 12.1 Å². The lowest BCUT2D eigenvalue weighted by molar-refractivity contribution is -0.166.